The van der Waals surface area contributed by atoms with Gasteiger partial charge in [-0.2, -0.15) is 13.2 Å². The molecule has 0 aromatic heterocycles. The third-order valence-corrected chi connectivity index (χ3v) is 2.87. The largest absolute Gasteiger partial charge is 0.489 e. The summed E-state index contributed by atoms with van der Waals surface area (Å²) in [6, 6.07) is 12.4. The minimum absolute atomic E-state index is 0.269. The van der Waals surface area contributed by atoms with Crippen LogP contribution in [0.3, 0.4) is 0 Å². The highest BCUT2D eigenvalue weighted by molar-refractivity contribution is 5.71. The van der Waals surface area contributed by atoms with Crippen molar-refractivity contribution in [3.05, 3.63) is 66.2 Å². The molecule has 0 bridgehead atoms. The van der Waals surface area contributed by atoms with Gasteiger partial charge in [-0.1, -0.05) is 36.9 Å². The van der Waals surface area contributed by atoms with Gasteiger partial charge in [0.25, 0.3) is 0 Å². The fraction of sp³-hybridized carbons (Fsp3) is 0.176. The van der Waals surface area contributed by atoms with Crippen LogP contribution in [0.5, 0.6) is 5.75 Å². The molecular formula is C17H15F3O. The van der Waals surface area contributed by atoms with Gasteiger partial charge in [0.15, 0.2) is 0 Å². The van der Waals surface area contributed by atoms with Crippen LogP contribution in [-0.2, 0) is 6.18 Å². The number of ether oxygens (including phenoxy) is 1. The van der Waals surface area contributed by atoms with Crippen molar-refractivity contribution in [1.29, 1.82) is 0 Å². The zero-order chi connectivity index (χ0) is 15.5. The maximum atomic E-state index is 12.9. The van der Waals surface area contributed by atoms with Gasteiger partial charge in [-0.15, -0.1) is 0 Å². The van der Waals surface area contributed by atoms with E-state index in [0.29, 0.717) is 16.9 Å². The Bertz CT molecular complexity index is 630. The van der Waals surface area contributed by atoms with E-state index in [1.54, 1.807) is 31.2 Å². The van der Waals surface area contributed by atoms with Crippen LogP contribution >= 0.6 is 0 Å². The molecule has 0 saturated heterocycles. The Hall–Kier alpha value is -2.23. The molecule has 1 nitrogen and oxygen atoms in total. The minimum Gasteiger partial charge on any atom is -0.489 e. The molecule has 0 spiro atoms. The Morgan fingerprint density at radius 1 is 1.10 bits per heavy atom. The number of halogens is 3. The molecule has 0 heterocycles. The Balaban J connectivity index is 2.48. The zero-order valence-corrected chi connectivity index (χ0v) is 11.6. The summed E-state index contributed by atoms with van der Waals surface area (Å²) in [5, 5.41) is 0. The fourth-order valence-corrected chi connectivity index (χ4v) is 1.88. The van der Waals surface area contributed by atoms with E-state index in [1.807, 2.05) is 6.07 Å². The molecule has 110 valence electrons. The van der Waals surface area contributed by atoms with Crippen molar-refractivity contribution in [3.8, 4) is 16.9 Å². The van der Waals surface area contributed by atoms with Gasteiger partial charge in [0.1, 0.15) is 12.4 Å². The first-order valence-corrected chi connectivity index (χ1v) is 6.42. The predicted molar refractivity (Wildman–Crippen MR) is 77.2 cm³/mol. The van der Waals surface area contributed by atoms with E-state index >= 15 is 0 Å². The SMILES string of the molecule is C=C(C)COc1ccc(C(F)(F)F)cc1-c1ccccc1. The van der Waals surface area contributed by atoms with Crippen LogP contribution in [0, 0.1) is 0 Å². The lowest BCUT2D eigenvalue weighted by Gasteiger charge is -2.15. The molecule has 0 amide bonds. The molecule has 0 aliphatic carbocycles. The van der Waals surface area contributed by atoms with Crippen LogP contribution in [0.1, 0.15) is 12.5 Å². The number of rotatable bonds is 4. The Labute approximate surface area is 121 Å². The highest BCUT2D eigenvalue weighted by atomic mass is 19.4. The van der Waals surface area contributed by atoms with Crippen molar-refractivity contribution in [3.63, 3.8) is 0 Å². The highest BCUT2D eigenvalue weighted by Gasteiger charge is 2.31. The minimum atomic E-state index is -4.38. The summed E-state index contributed by atoms with van der Waals surface area (Å²) < 4.78 is 44.2. The van der Waals surface area contributed by atoms with E-state index < -0.39 is 11.7 Å². The lowest BCUT2D eigenvalue weighted by molar-refractivity contribution is -0.137. The molecular weight excluding hydrogens is 277 g/mol. The predicted octanol–water partition coefficient (Wildman–Crippen LogP) is 5.33. The standard InChI is InChI=1S/C17H15F3O/c1-12(2)11-21-16-9-8-14(17(18,19)20)10-15(16)13-6-4-3-5-7-13/h3-10H,1,11H2,2H3. The smallest absolute Gasteiger partial charge is 0.416 e. The van der Waals surface area contributed by atoms with Crippen molar-refractivity contribution in [2.75, 3.05) is 6.61 Å². The second-order valence-electron chi connectivity index (χ2n) is 4.82. The summed E-state index contributed by atoms with van der Waals surface area (Å²) in [7, 11) is 0. The molecule has 0 unspecified atom stereocenters. The van der Waals surface area contributed by atoms with E-state index in [4.69, 9.17) is 4.74 Å². The van der Waals surface area contributed by atoms with Crippen LogP contribution < -0.4 is 4.74 Å². The first-order valence-electron chi connectivity index (χ1n) is 6.42. The summed E-state index contributed by atoms with van der Waals surface area (Å²) >= 11 is 0. The molecule has 0 saturated carbocycles. The lowest BCUT2D eigenvalue weighted by atomic mass is 10.0. The number of alkyl halides is 3. The van der Waals surface area contributed by atoms with Crippen molar-refractivity contribution >= 4 is 0 Å². The van der Waals surface area contributed by atoms with Crippen LogP contribution in [0.15, 0.2) is 60.7 Å². The van der Waals surface area contributed by atoms with Gasteiger partial charge < -0.3 is 4.74 Å². The molecule has 0 atom stereocenters. The quantitative estimate of drug-likeness (QED) is 0.692. The van der Waals surface area contributed by atoms with Gasteiger partial charge in [-0.25, -0.2) is 0 Å². The van der Waals surface area contributed by atoms with E-state index in [9.17, 15) is 13.2 Å². The van der Waals surface area contributed by atoms with E-state index in [0.717, 1.165) is 17.7 Å². The van der Waals surface area contributed by atoms with E-state index in [-0.39, 0.29) is 6.61 Å². The first kappa shape index (κ1) is 15.2. The van der Waals surface area contributed by atoms with Crippen LogP contribution in [0.25, 0.3) is 11.1 Å². The summed E-state index contributed by atoms with van der Waals surface area (Å²) in [4.78, 5) is 0. The summed E-state index contributed by atoms with van der Waals surface area (Å²) in [6.07, 6.45) is -4.38. The Kier molecular flexibility index (Phi) is 4.36. The fourth-order valence-electron chi connectivity index (χ4n) is 1.88. The van der Waals surface area contributed by atoms with Gasteiger partial charge in [-0.3, -0.25) is 0 Å². The second-order valence-corrected chi connectivity index (χ2v) is 4.82. The van der Waals surface area contributed by atoms with Crippen LogP contribution in [0.2, 0.25) is 0 Å². The number of hydrogen-bond donors (Lipinski definition) is 0. The molecule has 21 heavy (non-hydrogen) atoms. The van der Waals surface area contributed by atoms with Gasteiger partial charge in [-0.05, 0) is 36.3 Å². The van der Waals surface area contributed by atoms with Crippen molar-refractivity contribution < 1.29 is 17.9 Å². The average Bonchev–Trinajstić information content (AvgIpc) is 2.45. The van der Waals surface area contributed by atoms with Gasteiger partial charge in [0.2, 0.25) is 0 Å². The third kappa shape index (κ3) is 3.88. The normalized spacial score (nSPS) is 11.2. The third-order valence-electron chi connectivity index (χ3n) is 2.87. The summed E-state index contributed by atoms with van der Waals surface area (Å²) in [6.45, 7) is 5.79. The molecule has 0 aliphatic rings. The Morgan fingerprint density at radius 3 is 2.33 bits per heavy atom. The maximum absolute atomic E-state index is 12.9. The maximum Gasteiger partial charge on any atom is 0.416 e. The molecule has 2 aromatic rings. The van der Waals surface area contributed by atoms with Crippen LogP contribution in [0.4, 0.5) is 13.2 Å². The highest BCUT2D eigenvalue weighted by Crippen LogP contribution is 2.37. The molecule has 2 rings (SSSR count). The molecule has 0 fully saturated rings. The van der Waals surface area contributed by atoms with Crippen molar-refractivity contribution in [2.24, 2.45) is 0 Å². The molecule has 4 heteroatoms. The zero-order valence-electron chi connectivity index (χ0n) is 11.6. The van der Waals surface area contributed by atoms with Gasteiger partial charge in [0, 0.05) is 5.56 Å². The monoisotopic (exact) mass is 292 g/mol. The molecule has 0 aliphatic heterocycles. The average molecular weight is 292 g/mol. The molecule has 0 N–H and O–H groups in total. The Morgan fingerprint density at radius 2 is 1.76 bits per heavy atom. The number of benzene rings is 2. The second kappa shape index (κ2) is 6.04. The van der Waals surface area contributed by atoms with Gasteiger partial charge in [0.05, 0.1) is 5.56 Å². The van der Waals surface area contributed by atoms with E-state index in [2.05, 4.69) is 6.58 Å². The van der Waals surface area contributed by atoms with Crippen LogP contribution in [-0.4, -0.2) is 6.61 Å². The van der Waals surface area contributed by atoms with Gasteiger partial charge >= 0.3 is 6.18 Å². The topological polar surface area (TPSA) is 9.23 Å². The number of hydrogen-bond acceptors (Lipinski definition) is 1. The lowest BCUT2D eigenvalue weighted by Crippen LogP contribution is -2.06. The molecule has 0 radical (unpaired) electrons. The summed E-state index contributed by atoms with van der Waals surface area (Å²) in [5.74, 6) is 0.414. The molecule has 2 aromatic carbocycles. The summed E-state index contributed by atoms with van der Waals surface area (Å²) in [5.41, 5.74) is 1.21. The first-order chi connectivity index (χ1) is 9.88. The van der Waals surface area contributed by atoms with Crippen molar-refractivity contribution in [2.45, 2.75) is 13.1 Å². The van der Waals surface area contributed by atoms with E-state index in [1.165, 1.54) is 6.07 Å². The van der Waals surface area contributed by atoms with Crippen molar-refractivity contribution in [1.82, 2.24) is 0 Å².